The van der Waals surface area contributed by atoms with Gasteiger partial charge in [0.15, 0.2) is 0 Å². The van der Waals surface area contributed by atoms with Crippen LogP contribution in [0.5, 0.6) is 5.75 Å². The highest BCUT2D eigenvalue weighted by atomic mass is 16.5. The Morgan fingerprint density at radius 1 is 0.906 bits per heavy atom. The number of hydrogen-bond acceptors (Lipinski definition) is 4. The van der Waals surface area contributed by atoms with Crippen molar-refractivity contribution >= 4 is 11.9 Å². The predicted octanol–water partition coefficient (Wildman–Crippen LogP) is 4.98. The van der Waals surface area contributed by atoms with Crippen molar-refractivity contribution in [1.29, 1.82) is 0 Å². The second kappa shape index (κ2) is 8.30. The van der Waals surface area contributed by atoms with E-state index in [1.54, 1.807) is 36.3 Å². The number of benzene rings is 3. The predicted molar refractivity (Wildman–Crippen MR) is 123 cm³/mol. The number of ether oxygens (including phenoxy) is 1. The molecule has 0 spiro atoms. The number of fused-ring (bicyclic) bond motifs is 1. The van der Waals surface area contributed by atoms with E-state index in [0.29, 0.717) is 23.7 Å². The van der Waals surface area contributed by atoms with Crippen LogP contribution in [0.25, 0.3) is 0 Å². The van der Waals surface area contributed by atoms with E-state index < -0.39 is 0 Å². The highest BCUT2D eigenvalue weighted by molar-refractivity contribution is 6.06. The smallest absolute Gasteiger partial charge is 0.261 e. The normalized spacial score (nSPS) is 17.6. The van der Waals surface area contributed by atoms with Gasteiger partial charge in [-0.25, -0.2) is 4.68 Å². The topological polar surface area (TPSA) is 60.2 Å². The van der Waals surface area contributed by atoms with E-state index >= 15 is 0 Å². The lowest BCUT2D eigenvalue weighted by Crippen LogP contribution is -2.42. The van der Waals surface area contributed by atoms with Gasteiger partial charge in [-0.3, -0.25) is 9.69 Å². The molecule has 32 heavy (non-hydrogen) atoms. The maximum absolute atomic E-state index is 13.7. The number of anilines is 1. The first-order valence-corrected chi connectivity index (χ1v) is 10.6. The molecular formula is C26H24N4O2. The van der Waals surface area contributed by atoms with Crippen LogP contribution in [0, 0.1) is 6.92 Å². The van der Waals surface area contributed by atoms with Gasteiger partial charge in [0.05, 0.1) is 19.2 Å². The van der Waals surface area contributed by atoms with Crippen LogP contribution in [-0.4, -0.2) is 27.8 Å². The zero-order valence-electron chi connectivity index (χ0n) is 18.1. The van der Waals surface area contributed by atoms with Crippen LogP contribution in [0.4, 0.5) is 5.95 Å². The average molecular weight is 425 g/mol. The summed E-state index contributed by atoms with van der Waals surface area (Å²) in [5.74, 6) is 1.15. The van der Waals surface area contributed by atoms with Gasteiger partial charge in [0.25, 0.3) is 5.91 Å². The number of rotatable bonds is 4. The van der Waals surface area contributed by atoms with Crippen molar-refractivity contribution in [2.24, 2.45) is 0 Å². The van der Waals surface area contributed by atoms with Gasteiger partial charge < -0.3 is 4.74 Å². The van der Waals surface area contributed by atoms with Gasteiger partial charge in [-0.1, -0.05) is 60.2 Å². The molecule has 0 saturated carbocycles. The highest BCUT2D eigenvalue weighted by Crippen LogP contribution is 2.42. The minimum absolute atomic E-state index is 0.0155. The number of amides is 1. The van der Waals surface area contributed by atoms with E-state index in [1.807, 2.05) is 22.9 Å². The number of nitrogens with zero attached hydrogens (tertiary/aromatic N) is 4. The Bertz CT molecular complexity index is 1220. The summed E-state index contributed by atoms with van der Waals surface area (Å²) in [6.07, 6.45) is 2.23. The van der Waals surface area contributed by atoms with E-state index in [2.05, 4.69) is 53.4 Å². The van der Waals surface area contributed by atoms with Gasteiger partial charge in [0.1, 0.15) is 12.1 Å². The van der Waals surface area contributed by atoms with Crippen molar-refractivity contribution in [2.45, 2.75) is 25.4 Å². The molecule has 1 aromatic heterocycles. The Morgan fingerprint density at radius 3 is 2.28 bits per heavy atom. The quantitative estimate of drug-likeness (QED) is 0.464. The Hall–Kier alpha value is -3.93. The van der Waals surface area contributed by atoms with Gasteiger partial charge in [0.2, 0.25) is 5.95 Å². The molecule has 1 aliphatic heterocycles. The minimum Gasteiger partial charge on any atom is -0.497 e. The molecule has 0 bridgehead atoms. The van der Waals surface area contributed by atoms with E-state index in [4.69, 9.17) is 4.74 Å². The lowest BCUT2D eigenvalue weighted by molar-refractivity contribution is 0.0963. The van der Waals surface area contributed by atoms with Crippen molar-refractivity contribution in [3.8, 4) is 5.75 Å². The van der Waals surface area contributed by atoms with E-state index in [9.17, 15) is 4.79 Å². The fraction of sp³-hybridized carbons (Fsp3) is 0.192. The molecule has 0 fully saturated rings. The molecule has 160 valence electrons. The van der Waals surface area contributed by atoms with Crippen molar-refractivity contribution in [3.05, 3.63) is 107 Å². The van der Waals surface area contributed by atoms with E-state index in [1.165, 1.54) is 11.9 Å². The SMILES string of the molecule is COc1ccc(C(=O)N2c3ncnn3C(c3ccc(C)cc3)CC2c2ccccc2)cc1. The summed E-state index contributed by atoms with van der Waals surface area (Å²) in [5.41, 5.74) is 4.01. The van der Waals surface area contributed by atoms with Gasteiger partial charge in [-0.05, 0) is 48.7 Å². The number of hydrogen-bond donors (Lipinski definition) is 0. The number of methoxy groups -OCH3 is 1. The first kappa shape index (κ1) is 20.0. The molecule has 2 unspecified atom stereocenters. The summed E-state index contributed by atoms with van der Waals surface area (Å²) in [7, 11) is 1.61. The summed E-state index contributed by atoms with van der Waals surface area (Å²) < 4.78 is 7.12. The van der Waals surface area contributed by atoms with Gasteiger partial charge >= 0.3 is 0 Å². The summed E-state index contributed by atoms with van der Waals surface area (Å²) >= 11 is 0. The Balaban J connectivity index is 1.61. The van der Waals surface area contributed by atoms with Crippen LogP contribution in [0.1, 0.15) is 45.6 Å². The lowest BCUT2D eigenvalue weighted by atomic mass is 9.91. The average Bonchev–Trinajstić information content (AvgIpc) is 3.34. The summed E-state index contributed by atoms with van der Waals surface area (Å²) in [5, 5.41) is 4.51. The molecule has 4 aromatic rings. The first-order valence-electron chi connectivity index (χ1n) is 10.6. The molecule has 1 aliphatic rings. The largest absolute Gasteiger partial charge is 0.497 e. The fourth-order valence-electron chi connectivity index (χ4n) is 4.32. The van der Waals surface area contributed by atoms with Gasteiger partial charge in [-0.2, -0.15) is 10.1 Å². The van der Waals surface area contributed by atoms with E-state index in [-0.39, 0.29) is 18.0 Å². The highest BCUT2D eigenvalue weighted by Gasteiger charge is 2.39. The Morgan fingerprint density at radius 2 is 1.59 bits per heavy atom. The fourth-order valence-corrected chi connectivity index (χ4v) is 4.32. The number of carbonyl (C=O) groups is 1. The molecule has 0 radical (unpaired) electrons. The minimum atomic E-state index is -0.172. The zero-order valence-corrected chi connectivity index (χ0v) is 18.1. The second-order valence-corrected chi connectivity index (χ2v) is 8.00. The maximum atomic E-state index is 13.7. The third-order valence-corrected chi connectivity index (χ3v) is 6.03. The third-order valence-electron chi connectivity index (χ3n) is 6.03. The summed E-state index contributed by atoms with van der Waals surface area (Å²) in [6.45, 7) is 2.08. The summed E-state index contributed by atoms with van der Waals surface area (Å²) in [6, 6.07) is 25.6. The van der Waals surface area contributed by atoms with Crippen molar-refractivity contribution < 1.29 is 9.53 Å². The second-order valence-electron chi connectivity index (χ2n) is 8.00. The molecule has 3 aromatic carbocycles. The molecular weight excluding hydrogens is 400 g/mol. The molecule has 0 aliphatic carbocycles. The molecule has 1 amide bonds. The van der Waals surface area contributed by atoms with Gasteiger partial charge in [-0.15, -0.1) is 0 Å². The molecule has 0 N–H and O–H groups in total. The monoisotopic (exact) mass is 424 g/mol. The van der Waals surface area contributed by atoms with E-state index in [0.717, 1.165) is 11.1 Å². The zero-order chi connectivity index (χ0) is 22.1. The molecule has 5 rings (SSSR count). The van der Waals surface area contributed by atoms with Gasteiger partial charge in [0, 0.05) is 5.56 Å². The van der Waals surface area contributed by atoms with Crippen LogP contribution in [0.3, 0.4) is 0 Å². The van der Waals surface area contributed by atoms with Crippen molar-refractivity contribution in [1.82, 2.24) is 14.8 Å². The molecule has 6 nitrogen and oxygen atoms in total. The molecule has 2 atom stereocenters. The Kier molecular flexibility index (Phi) is 5.19. The van der Waals surface area contributed by atoms with Crippen LogP contribution >= 0.6 is 0 Å². The van der Waals surface area contributed by atoms with Crippen LogP contribution in [-0.2, 0) is 0 Å². The van der Waals surface area contributed by atoms with Crippen molar-refractivity contribution in [3.63, 3.8) is 0 Å². The Labute approximate surface area is 187 Å². The molecule has 0 saturated heterocycles. The number of aromatic nitrogens is 3. The number of carbonyl (C=O) groups excluding carboxylic acids is 1. The number of aryl methyl sites for hydroxylation is 1. The first-order chi connectivity index (χ1) is 15.7. The van der Waals surface area contributed by atoms with Crippen molar-refractivity contribution in [2.75, 3.05) is 12.0 Å². The summed E-state index contributed by atoms with van der Waals surface area (Å²) in [4.78, 5) is 20.0. The molecule has 6 heteroatoms. The van der Waals surface area contributed by atoms with Crippen LogP contribution in [0.15, 0.2) is 85.2 Å². The van der Waals surface area contributed by atoms with Crippen LogP contribution < -0.4 is 9.64 Å². The maximum Gasteiger partial charge on any atom is 0.261 e. The molecule has 2 heterocycles. The van der Waals surface area contributed by atoms with Crippen LogP contribution in [0.2, 0.25) is 0 Å². The lowest BCUT2D eigenvalue weighted by Gasteiger charge is -2.39. The standard InChI is InChI=1S/C26H24N4O2/c1-18-8-10-20(11-9-18)24-16-23(19-6-4-3-5-7-19)29(26-27-17-28-30(24)26)25(31)21-12-14-22(32-2)15-13-21/h3-15,17,23-24H,16H2,1-2H3. The third kappa shape index (κ3) is 3.54.